The Balaban J connectivity index is 2.23. The van der Waals surface area contributed by atoms with Crippen LogP contribution in [0.1, 0.15) is 12.0 Å². The number of anilines is 2. The van der Waals surface area contributed by atoms with Crippen molar-refractivity contribution in [1.29, 1.82) is 0 Å². The van der Waals surface area contributed by atoms with Crippen molar-refractivity contribution in [3.63, 3.8) is 0 Å². The second-order valence-corrected chi connectivity index (χ2v) is 4.82. The Kier molecular flexibility index (Phi) is 4.71. The van der Waals surface area contributed by atoms with Gasteiger partial charge in [-0.1, -0.05) is 0 Å². The first kappa shape index (κ1) is 15.2. The van der Waals surface area contributed by atoms with E-state index >= 15 is 0 Å². The zero-order valence-corrected chi connectivity index (χ0v) is 11.6. The van der Waals surface area contributed by atoms with Crippen LogP contribution in [0.15, 0.2) is 12.1 Å². The van der Waals surface area contributed by atoms with Gasteiger partial charge in [-0.15, -0.1) is 0 Å². The minimum atomic E-state index is -0.759. The molecule has 0 spiro atoms. The summed E-state index contributed by atoms with van der Waals surface area (Å²) in [6.45, 7) is 0.279. The van der Waals surface area contributed by atoms with Gasteiger partial charge in [-0.2, -0.15) is 0 Å². The lowest BCUT2D eigenvalue weighted by Crippen LogP contribution is -2.25. The molecular formula is C13H17N3O5. The van der Waals surface area contributed by atoms with Crippen molar-refractivity contribution in [3.8, 4) is 0 Å². The van der Waals surface area contributed by atoms with Crippen LogP contribution in [0.25, 0.3) is 0 Å². The van der Waals surface area contributed by atoms with E-state index in [1.54, 1.807) is 6.07 Å². The number of ether oxygens (including phenoxy) is 1. The van der Waals surface area contributed by atoms with Crippen LogP contribution in [0.2, 0.25) is 0 Å². The molecule has 1 aromatic carbocycles. The predicted octanol–water partition coefficient (Wildman–Crippen LogP) is 0.899. The Morgan fingerprint density at radius 3 is 2.95 bits per heavy atom. The first-order valence-electron chi connectivity index (χ1n) is 6.53. The van der Waals surface area contributed by atoms with Crippen molar-refractivity contribution < 1.29 is 19.6 Å². The number of carbonyl (C=O) groups excluding carboxylic acids is 1. The van der Waals surface area contributed by atoms with E-state index in [0.717, 1.165) is 5.56 Å². The van der Waals surface area contributed by atoms with Gasteiger partial charge >= 0.3 is 0 Å². The summed E-state index contributed by atoms with van der Waals surface area (Å²) >= 11 is 0. The van der Waals surface area contributed by atoms with E-state index in [2.05, 4.69) is 10.6 Å². The molecule has 8 heteroatoms. The fourth-order valence-electron chi connectivity index (χ4n) is 2.19. The Morgan fingerprint density at radius 1 is 1.52 bits per heavy atom. The summed E-state index contributed by atoms with van der Waals surface area (Å²) in [5.74, 6) is -0.145. The quantitative estimate of drug-likeness (QED) is 0.530. The lowest BCUT2D eigenvalue weighted by atomic mass is 10.0. The van der Waals surface area contributed by atoms with Gasteiger partial charge < -0.3 is 20.5 Å². The molecular weight excluding hydrogens is 278 g/mol. The summed E-state index contributed by atoms with van der Waals surface area (Å²) in [7, 11) is 1.47. The van der Waals surface area contributed by atoms with Crippen LogP contribution < -0.4 is 10.6 Å². The monoisotopic (exact) mass is 295 g/mol. The molecule has 3 N–H and O–H groups in total. The first-order chi connectivity index (χ1) is 10.0. The van der Waals surface area contributed by atoms with E-state index < -0.39 is 11.0 Å². The zero-order valence-electron chi connectivity index (χ0n) is 11.6. The lowest BCUT2D eigenvalue weighted by molar-refractivity contribution is -0.383. The van der Waals surface area contributed by atoms with Crippen molar-refractivity contribution >= 4 is 23.0 Å². The summed E-state index contributed by atoms with van der Waals surface area (Å²) < 4.78 is 4.80. The molecule has 21 heavy (non-hydrogen) atoms. The minimum Gasteiger partial charge on any atom is -0.389 e. The van der Waals surface area contributed by atoms with Gasteiger partial charge in [0.15, 0.2) is 0 Å². The van der Waals surface area contributed by atoms with Crippen LogP contribution in [0.4, 0.5) is 17.1 Å². The van der Waals surface area contributed by atoms with Crippen molar-refractivity contribution in [1.82, 2.24) is 0 Å². The normalized spacial score (nSPS) is 15.0. The molecule has 1 atom stereocenters. The highest BCUT2D eigenvalue weighted by Crippen LogP contribution is 2.34. The third kappa shape index (κ3) is 3.67. The standard InChI is InChI=1S/C13H17N3O5/c1-21-7-9(17)6-14-11-4-8-2-3-13(18)15-10(8)5-12(11)16(19)20/h4-5,9,14,17H,2-3,6-7H2,1H3,(H,15,18). The van der Waals surface area contributed by atoms with Gasteiger partial charge in [-0.25, -0.2) is 0 Å². The lowest BCUT2D eigenvalue weighted by Gasteiger charge is -2.19. The molecule has 0 saturated carbocycles. The van der Waals surface area contributed by atoms with E-state index in [0.29, 0.717) is 24.2 Å². The number of benzene rings is 1. The smallest absolute Gasteiger partial charge is 0.294 e. The van der Waals surface area contributed by atoms with Gasteiger partial charge in [0.25, 0.3) is 5.69 Å². The number of aliphatic hydroxyl groups is 1. The third-order valence-corrected chi connectivity index (χ3v) is 3.20. The molecule has 1 aliphatic heterocycles. The van der Waals surface area contributed by atoms with Crippen LogP contribution in [0.5, 0.6) is 0 Å². The van der Waals surface area contributed by atoms with E-state index in [9.17, 15) is 20.0 Å². The van der Waals surface area contributed by atoms with Crippen LogP contribution >= 0.6 is 0 Å². The molecule has 8 nitrogen and oxygen atoms in total. The first-order valence-corrected chi connectivity index (χ1v) is 6.53. The maximum atomic E-state index is 11.3. The maximum absolute atomic E-state index is 11.3. The Morgan fingerprint density at radius 2 is 2.29 bits per heavy atom. The molecule has 1 amide bonds. The molecule has 0 radical (unpaired) electrons. The average Bonchev–Trinajstić information content (AvgIpc) is 2.44. The molecule has 1 aromatic rings. The topological polar surface area (TPSA) is 114 Å². The van der Waals surface area contributed by atoms with Gasteiger partial charge in [0, 0.05) is 26.1 Å². The number of aliphatic hydroxyl groups excluding tert-OH is 1. The highest BCUT2D eigenvalue weighted by molar-refractivity contribution is 5.95. The van der Waals surface area contributed by atoms with Crippen LogP contribution in [0, 0.1) is 10.1 Å². The summed E-state index contributed by atoms with van der Waals surface area (Å²) in [6.07, 6.45) is 0.135. The summed E-state index contributed by atoms with van der Waals surface area (Å²) in [5.41, 5.74) is 1.50. The van der Waals surface area contributed by atoms with Gasteiger partial charge in [-0.05, 0) is 18.1 Å². The van der Waals surface area contributed by atoms with E-state index in [-0.39, 0.29) is 24.7 Å². The SMILES string of the molecule is COCC(O)CNc1cc2c(cc1[N+](=O)[O-])NC(=O)CC2. The summed E-state index contributed by atoms with van der Waals surface area (Å²) in [5, 5.41) is 26.2. The van der Waals surface area contributed by atoms with Crippen LogP contribution in [-0.4, -0.2) is 42.3 Å². The molecule has 0 bridgehead atoms. The largest absolute Gasteiger partial charge is 0.389 e. The number of fused-ring (bicyclic) bond motifs is 1. The second-order valence-electron chi connectivity index (χ2n) is 4.82. The maximum Gasteiger partial charge on any atom is 0.294 e. The summed E-state index contributed by atoms with van der Waals surface area (Å²) in [6, 6.07) is 2.99. The zero-order chi connectivity index (χ0) is 15.4. The van der Waals surface area contributed by atoms with Crippen molar-refractivity contribution in [2.75, 3.05) is 30.9 Å². The average molecular weight is 295 g/mol. The number of nitro groups is 1. The number of carbonyl (C=O) groups is 1. The van der Waals surface area contributed by atoms with Crippen molar-refractivity contribution in [3.05, 3.63) is 27.8 Å². The minimum absolute atomic E-state index is 0.138. The van der Waals surface area contributed by atoms with E-state index in [1.165, 1.54) is 13.2 Å². The molecule has 0 saturated heterocycles. The number of hydrogen-bond donors (Lipinski definition) is 3. The van der Waals surface area contributed by atoms with E-state index in [1.807, 2.05) is 0 Å². The number of nitrogens with one attached hydrogen (secondary N) is 2. The number of aryl methyl sites for hydroxylation is 1. The Bertz CT molecular complexity index is 561. The fraction of sp³-hybridized carbons (Fsp3) is 0.462. The number of nitrogens with zero attached hydrogens (tertiary/aromatic N) is 1. The molecule has 114 valence electrons. The number of nitro benzene ring substituents is 1. The number of hydrogen-bond acceptors (Lipinski definition) is 6. The van der Waals surface area contributed by atoms with Crippen LogP contribution in [0.3, 0.4) is 0 Å². The molecule has 0 aromatic heterocycles. The molecule has 0 fully saturated rings. The molecule has 1 heterocycles. The third-order valence-electron chi connectivity index (χ3n) is 3.20. The van der Waals surface area contributed by atoms with Gasteiger partial charge in [0.1, 0.15) is 5.69 Å². The fourth-order valence-corrected chi connectivity index (χ4v) is 2.19. The highest BCUT2D eigenvalue weighted by Gasteiger charge is 2.22. The van der Waals surface area contributed by atoms with Crippen molar-refractivity contribution in [2.45, 2.75) is 18.9 Å². The number of methoxy groups -OCH3 is 1. The molecule has 0 aliphatic carbocycles. The second kappa shape index (κ2) is 6.51. The molecule has 1 aliphatic rings. The Labute approximate surface area is 121 Å². The predicted molar refractivity (Wildman–Crippen MR) is 76.4 cm³/mol. The number of rotatable bonds is 6. The van der Waals surface area contributed by atoms with Gasteiger partial charge in [-0.3, -0.25) is 14.9 Å². The molecule has 2 rings (SSSR count). The summed E-state index contributed by atoms with van der Waals surface area (Å²) in [4.78, 5) is 21.9. The van der Waals surface area contributed by atoms with Crippen molar-refractivity contribution in [2.24, 2.45) is 0 Å². The highest BCUT2D eigenvalue weighted by atomic mass is 16.6. The molecule has 1 unspecified atom stereocenters. The Hall–Kier alpha value is -2.19. The van der Waals surface area contributed by atoms with Crippen LogP contribution in [-0.2, 0) is 16.0 Å². The van der Waals surface area contributed by atoms with Gasteiger partial charge in [0.2, 0.25) is 5.91 Å². The van der Waals surface area contributed by atoms with E-state index in [4.69, 9.17) is 4.74 Å². The number of amides is 1. The van der Waals surface area contributed by atoms with Gasteiger partial charge in [0.05, 0.1) is 23.3 Å².